The van der Waals surface area contributed by atoms with E-state index in [0.29, 0.717) is 11.6 Å². The van der Waals surface area contributed by atoms with E-state index in [4.69, 9.17) is 4.74 Å². The first kappa shape index (κ1) is 16.4. The molecule has 4 aromatic rings. The van der Waals surface area contributed by atoms with Gasteiger partial charge in [-0.05, 0) is 29.5 Å². The molecule has 130 valence electrons. The fraction of sp³-hybridized carbons (Fsp3) is 0.0667. The van der Waals surface area contributed by atoms with Gasteiger partial charge in [0.15, 0.2) is 4.34 Å². The number of nitrogens with zero attached hydrogens (tertiary/aromatic N) is 5. The van der Waals surface area contributed by atoms with E-state index in [2.05, 4.69) is 25.6 Å². The number of H-pyrrole nitrogens is 1. The van der Waals surface area contributed by atoms with Crippen LogP contribution in [0.25, 0.3) is 21.6 Å². The highest BCUT2D eigenvalue weighted by molar-refractivity contribution is 8.01. The van der Waals surface area contributed by atoms with Crippen molar-refractivity contribution in [3.8, 4) is 17.1 Å². The standard InChI is InChI=1S/C15H10N6O3S2/c1-24-11-5-2-8(14-17-19-20-18-14)6-13(11)26-15-16-10-4-3-9(21(22)23)7-12(10)25-15/h2-7H,1H3,(H,17,18,19,20). The Hall–Kier alpha value is -3.05. The smallest absolute Gasteiger partial charge is 0.270 e. The molecule has 2 aromatic carbocycles. The fourth-order valence-corrected chi connectivity index (χ4v) is 4.53. The van der Waals surface area contributed by atoms with Gasteiger partial charge < -0.3 is 4.74 Å². The number of nitro benzene ring substituents is 1. The minimum atomic E-state index is -0.413. The van der Waals surface area contributed by atoms with Crippen LogP contribution < -0.4 is 4.74 Å². The van der Waals surface area contributed by atoms with E-state index in [1.807, 2.05) is 18.2 Å². The van der Waals surface area contributed by atoms with Crippen molar-refractivity contribution in [3.63, 3.8) is 0 Å². The van der Waals surface area contributed by atoms with Crippen LogP contribution >= 0.6 is 23.1 Å². The number of methoxy groups -OCH3 is 1. The Morgan fingerprint density at radius 2 is 2.15 bits per heavy atom. The first-order chi connectivity index (χ1) is 12.6. The summed E-state index contributed by atoms with van der Waals surface area (Å²) >= 11 is 2.80. The number of tetrazole rings is 1. The molecule has 0 saturated heterocycles. The van der Waals surface area contributed by atoms with Crippen molar-refractivity contribution in [2.24, 2.45) is 0 Å². The number of aromatic amines is 1. The molecule has 0 aliphatic heterocycles. The summed E-state index contributed by atoms with van der Waals surface area (Å²) in [6, 6.07) is 10.2. The Labute approximate surface area is 154 Å². The van der Waals surface area contributed by atoms with Gasteiger partial charge in [0.2, 0.25) is 5.82 Å². The molecule has 2 heterocycles. The van der Waals surface area contributed by atoms with Crippen LogP contribution in [0.4, 0.5) is 5.69 Å². The molecule has 0 atom stereocenters. The largest absolute Gasteiger partial charge is 0.496 e. The second kappa shape index (κ2) is 6.69. The van der Waals surface area contributed by atoms with Crippen molar-refractivity contribution in [3.05, 3.63) is 46.5 Å². The molecule has 26 heavy (non-hydrogen) atoms. The van der Waals surface area contributed by atoms with E-state index in [1.54, 1.807) is 13.2 Å². The molecular weight excluding hydrogens is 376 g/mol. The quantitative estimate of drug-likeness (QED) is 0.408. The summed E-state index contributed by atoms with van der Waals surface area (Å²) in [4.78, 5) is 15.9. The number of rotatable bonds is 5. The number of fused-ring (bicyclic) bond motifs is 1. The van der Waals surface area contributed by atoms with Gasteiger partial charge in [0.1, 0.15) is 5.75 Å². The molecule has 0 bridgehead atoms. The lowest BCUT2D eigenvalue weighted by molar-refractivity contribution is -0.384. The molecule has 0 aliphatic rings. The second-order valence-corrected chi connectivity index (χ2v) is 7.41. The van der Waals surface area contributed by atoms with Crippen LogP contribution in [0, 0.1) is 10.1 Å². The normalized spacial score (nSPS) is 11.0. The Bertz CT molecular complexity index is 1100. The number of hydrogen-bond acceptors (Lipinski definition) is 9. The van der Waals surface area contributed by atoms with Gasteiger partial charge in [-0.25, -0.2) is 4.98 Å². The predicted molar refractivity (Wildman–Crippen MR) is 96.6 cm³/mol. The zero-order valence-electron chi connectivity index (χ0n) is 13.2. The summed E-state index contributed by atoms with van der Waals surface area (Å²) in [5.41, 5.74) is 1.56. The van der Waals surface area contributed by atoms with Crippen molar-refractivity contribution >= 4 is 39.0 Å². The number of benzene rings is 2. The van der Waals surface area contributed by atoms with E-state index < -0.39 is 4.92 Å². The van der Waals surface area contributed by atoms with Crippen LogP contribution in [0.15, 0.2) is 45.6 Å². The van der Waals surface area contributed by atoms with Crippen LogP contribution in [0.3, 0.4) is 0 Å². The van der Waals surface area contributed by atoms with Crippen LogP contribution in [0.2, 0.25) is 0 Å². The molecule has 0 aliphatic carbocycles. The number of non-ortho nitro benzene ring substituents is 1. The van der Waals surface area contributed by atoms with Crippen molar-refractivity contribution in [1.29, 1.82) is 0 Å². The molecule has 0 fully saturated rings. The van der Waals surface area contributed by atoms with Crippen molar-refractivity contribution in [2.45, 2.75) is 9.24 Å². The van der Waals surface area contributed by atoms with Crippen molar-refractivity contribution < 1.29 is 9.66 Å². The Morgan fingerprint density at radius 1 is 1.27 bits per heavy atom. The lowest BCUT2D eigenvalue weighted by Gasteiger charge is -2.07. The first-order valence-corrected chi connectivity index (χ1v) is 8.92. The molecule has 0 saturated carbocycles. The summed E-state index contributed by atoms with van der Waals surface area (Å²) in [5, 5.41) is 24.9. The van der Waals surface area contributed by atoms with E-state index in [0.717, 1.165) is 25.0 Å². The van der Waals surface area contributed by atoms with Crippen molar-refractivity contribution in [2.75, 3.05) is 7.11 Å². The highest BCUT2D eigenvalue weighted by Crippen LogP contribution is 2.40. The minimum Gasteiger partial charge on any atom is -0.496 e. The lowest BCUT2D eigenvalue weighted by Crippen LogP contribution is -1.88. The highest BCUT2D eigenvalue weighted by Gasteiger charge is 2.14. The Kier molecular flexibility index (Phi) is 4.22. The third-order valence-corrected chi connectivity index (χ3v) is 5.65. The SMILES string of the molecule is COc1ccc(-c2nn[nH]n2)cc1Sc1nc2ccc([N+](=O)[O-])cc2s1. The third kappa shape index (κ3) is 3.09. The number of ether oxygens (including phenoxy) is 1. The van der Waals surface area contributed by atoms with Gasteiger partial charge in [-0.3, -0.25) is 10.1 Å². The lowest BCUT2D eigenvalue weighted by atomic mass is 10.2. The van der Waals surface area contributed by atoms with Crippen molar-refractivity contribution in [1.82, 2.24) is 25.6 Å². The zero-order chi connectivity index (χ0) is 18.1. The second-order valence-electron chi connectivity index (χ2n) is 5.09. The Balaban J connectivity index is 1.71. The molecule has 0 radical (unpaired) electrons. The summed E-state index contributed by atoms with van der Waals surface area (Å²) in [5.74, 6) is 1.17. The maximum absolute atomic E-state index is 10.9. The number of nitro groups is 1. The van der Waals surface area contributed by atoms with E-state index in [1.165, 1.54) is 35.2 Å². The number of thiazole rings is 1. The average molecular weight is 386 g/mol. The van der Waals surface area contributed by atoms with E-state index in [9.17, 15) is 10.1 Å². The number of hydrogen-bond donors (Lipinski definition) is 1. The van der Waals surface area contributed by atoms with Gasteiger partial charge in [-0.1, -0.05) is 11.8 Å². The summed E-state index contributed by atoms with van der Waals surface area (Å²) in [6.07, 6.45) is 0. The highest BCUT2D eigenvalue weighted by atomic mass is 32.2. The van der Waals surface area contributed by atoms with Crippen LogP contribution in [-0.4, -0.2) is 37.6 Å². The molecule has 4 rings (SSSR count). The molecule has 2 aromatic heterocycles. The fourth-order valence-electron chi connectivity index (χ4n) is 2.32. The zero-order valence-corrected chi connectivity index (χ0v) is 14.9. The molecule has 0 spiro atoms. The number of nitrogens with one attached hydrogen (secondary N) is 1. The monoisotopic (exact) mass is 386 g/mol. The van der Waals surface area contributed by atoms with E-state index >= 15 is 0 Å². The van der Waals surface area contributed by atoms with Gasteiger partial charge in [0, 0.05) is 17.7 Å². The molecule has 0 unspecified atom stereocenters. The maximum atomic E-state index is 10.9. The molecule has 9 nitrogen and oxygen atoms in total. The number of aromatic nitrogens is 5. The van der Waals surface area contributed by atoms with Gasteiger partial charge in [-0.15, -0.1) is 21.5 Å². The van der Waals surface area contributed by atoms with Gasteiger partial charge in [0.25, 0.3) is 5.69 Å². The van der Waals surface area contributed by atoms with Crippen LogP contribution in [-0.2, 0) is 0 Å². The minimum absolute atomic E-state index is 0.0504. The Morgan fingerprint density at radius 3 is 2.88 bits per heavy atom. The first-order valence-electron chi connectivity index (χ1n) is 7.29. The maximum Gasteiger partial charge on any atom is 0.270 e. The average Bonchev–Trinajstić information content (AvgIpc) is 3.30. The predicted octanol–water partition coefficient (Wildman–Crippen LogP) is 3.54. The van der Waals surface area contributed by atoms with Gasteiger partial charge >= 0.3 is 0 Å². The van der Waals surface area contributed by atoms with Gasteiger partial charge in [-0.2, -0.15) is 5.21 Å². The third-order valence-electron chi connectivity index (χ3n) is 3.53. The topological polar surface area (TPSA) is 120 Å². The summed E-state index contributed by atoms with van der Waals surface area (Å²) in [6.45, 7) is 0. The molecule has 11 heteroatoms. The molecular formula is C15H10N6O3S2. The molecule has 0 amide bonds. The van der Waals surface area contributed by atoms with Crippen LogP contribution in [0.1, 0.15) is 0 Å². The van der Waals surface area contributed by atoms with Gasteiger partial charge in [0.05, 0.1) is 27.1 Å². The van der Waals surface area contributed by atoms with Crippen LogP contribution in [0.5, 0.6) is 5.75 Å². The van der Waals surface area contributed by atoms with E-state index in [-0.39, 0.29) is 5.69 Å². The summed E-state index contributed by atoms with van der Waals surface area (Å²) in [7, 11) is 1.59. The summed E-state index contributed by atoms with van der Waals surface area (Å²) < 4.78 is 6.93. The molecule has 1 N–H and O–H groups in total.